The Hall–Kier alpha value is -2.84. The molecule has 8 heteroatoms. The minimum atomic E-state index is 0.781. The van der Waals surface area contributed by atoms with Gasteiger partial charge in [0.05, 0.1) is 11.9 Å². The Bertz CT molecular complexity index is 1210. The van der Waals surface area contributed by atoms with Crippen molar-refractivity contribution in [3.8, 4) is 11.3 Å². The summed E-state index contributed by atoms with van der Waals surface area (Å²) in [5.74, 6) is 1.75. The number of hydrogen-bond acceptors (Lipinski definition) is 7. The average Bonchev–Trinajstić information content (AvgIpc) is 3.51. The lowest BCUT2D eigenvalue weighted by atomic mass is 10.1. The van der Waals surface area contributed by atoms with Crippen molar-refractivity contribution in [3.63, 3.8) is 0 Å². The fraction of sp³-hybridized carbons (Fsp3) is 0.364. The molecule has 2 atom stereocenters. The Labute approximate surface area is 178 Å². The van der Waals surface area contributed by atoms with Crippen LogP contribution in [0.1, 0.15) is 30.5 Å². The SMILES string of the molecule is Cc1[nH]ncc1-c1ccc2nc(Nc3cc(CN4CC5CCC4C5)ccn3)sc2n1. The first-order chi connectivity index (χ1) is 14.7. The van der Waals surface area contributed by atoms with E-state index in [1.807, 2.05) is 31.5 Å². The second-order valence-corrected chi connectivity index (χ2v) is 9.36. The summed E-state index contributed by atoms with van der Waals surface area (Å²) in [4.78, 5) is 17.5. The van der Waals surface area contributed by atoms with Gasteiger partial charge in [-0.2, -0.15) is 5.10 Å². The third kappa shape index (κ3) is 3.26. The monoisotopic (exact) mass is 417 g/mol. The number of rotatable bonds is 5. The lowest BCUT2D eigenvalue weighted by Gasteiger charge is -2.26. The molecule has 152 valence electrons. The number of aryl methyl sites for hydroxylation is 1. The highest BCUT2D eigenvalue weighted by molar-refractivity contribution is 7.21. The predicted molar refractivity (Wildman–Crippen MR) is 119 cm³/mol. The summed E-state index contributed by atoms with van der Waals surface area (Å²) in [5.41, 5.74) is 5.12. The first kappa shape index (κ1) is 18.0. The van der Waals surface area contributed by atoms with Gasteiger partial charge in [-0.05, 0) is 61.9 Å². The van der Waals surface area contributed by atoms with Crippen molar-refractivity contribution < 1.29 is 0 Å². The number of aromatic nitrogens is 5. The molecule has 4 aromatic heterocycles. The van der Waals surface area contributed by atoms with Crippen molar-refractivity contribution in [3.05, 3.63) is 47.9 Å². The summed E-state index contributed by atoms with van der Waals surface area (Å²) in [6.07, 6.45) is 7.86. The smallest absolute Gasteiger partial charge is 0.190 e. The molecule has 2 bridgehead atoms. The fourth-order valence-corrected chi connectivity index (χ4v) is 5.68. The quantitative estimate of drug-likeness (QED) is 0.497. The van der Waals surface area contributed by atoms with Gasteiger partial charge in [0, 0.05) is 36.6 Å². The number of pyridine rings is 2. The summed E-state index contributed by atoms with van der Waals surface area (Å²) in [6, 6.07) is 9.05. The van der Waals surface area contributed by atoms with Gasteiger partial charge in [-0.15, -0.1) is 0 Å². The zero-order valence-electron chi connectivity index (χ0n) is 16.8. The summed E-state index contributed by atoms with van der Waals surface area (Å²) in [7, 11) is 0. The van der Waals surface area contributed by atoms with Crippen LogP contribution in [-0.4, -0.2) is 42.6 Å². The Morgan fingerprint density at radius 1 is 1.23 bits per heavy atom. The van der Waals surface area contributed by atoms with Crippen LogP contribution in [0.5, 0.6) is 0 Å². The molecule has 6 rings (SSSR count). The lowest BCUT2D eigenvalue weighted by Crippen LogP contribution is -2.31. The van der Waals surface area contributed by atoms with Gasteiger partial charge in [0.15, 0.2) is 5.13 Å². The van der Waals surface area contributed by atoms with Crippen LogP contribution in [0, 0.1) is 12.8 Å². The van der Waals surface area contributed by atoms with Crippen LogP contribution in [0.15, 0.2) is 36.7 Å². The number of piperidine rings is 1. The fourth-order valence-electron chi connectivity index (χ4n) is 4.83. The van der Waals surface area contributed by atoms with Crippen molar-refractivity contribution in [2.45, 2.75) is 38.8 Å². The molecule has 2 N–H and O–H groups in total. The number of nitrogens with one attached hydrogen (secondary N) is 2. The molecule has 1 aliphatic carbocycles. The van der Waals surface area contributed by atoms with E-state index in [-0.39, 0.29) is 0 Å². The second kappa shape index (κ2) is 7.14. The first-order valence-corrected chi connectivity index (χ1v) is 11.3. The normalized spacial score (nSPS) is 21.0. The zero-order valence-corrected chi connectivity index (χ0v) is 17.6. The van der Waals surface area contributed by atoms with Gasteiger partial charge < -0.3 is 5.32 Å². The van der Waals surface area contributed by atoms with Gasteiger partial charge in [-0.1, -0.05) is 11.3 Å². The van der Waals surface area contributed by atoms with Crippen molar-refractivity contribution in [1.29, 1.82) is 0 Å². The molecular formula is C22H23N7S. The van der Waals surface area contributed by atoms with E-state index in [1.54, 1.807) is 11.3 Å². The minimum absolute atomic E-state index is 0.781. The van der Waals surface area contributed by atoms with E-state index in [1.165, 1.54) is 31.4 Å². The van der Waals surface area contributed by atoms with E-state index >= 15 is 0 Å². The first-order valence-electron chi connectivity index (χ1n) is 10.5. The number of thiazole rings is 1. The molecule has 30 heavy (non-hydrogen) atoms. The third-order valence-corrected chi connectivity index (χ3v) is 7.21. The van der Waals surface area contributed by atoms with Crippen LogP contribution in [0.3, 0.4) is 0 Å². The van der Waals surface area contributed by atoms with Gasteiger partial charge in [-0.25, -0.2) is 15.0 Å². The molecule has 2 unspecified atom stereocenters. The van der Waals surface area contributed by atoms with Crippen molar-refractivity contribution in [2.24, 2.45) is 5.92 Å². The summed E-state index contributed by atoms with van der Waals surface area (Å²) in [6.45, 7) is 4.25. The standard InChI is InChI=1S/C22H23N7S/c1-13-17(10-24-28-13)18-4-5-19-21(25-18)30-22(26-19)27-20-9-15(6-7-23-20)12-29-11-14-2-3-16(29)8-14/h4-7,9-10,14,16H,2-3,8,11-12H2,1H3,(H,24,28)(H,23,26,27). The molecule has 0 aromatic carbocycles. The van der Waals surface area contributed by atoms with E-state index in [4.69, 9.17) is 4.98 Å². The second-order valence-electron chi connectivity index (χ2n) is 8.39. The molecular weight excluding hydrogens is 394 g/mol. The topological polar surface area (TPSA) is 82.6 Å². The molecule has 1 saturated heterocycles. The number of nitrogens with zero attached hydrogens (tertiary/aromatic N) is 5. The average molecular weight is 418 g/mol. The van der Waals surface area contributed by atoms with Crippen LogP contribution in [0.2, 0.25) is 0 Å². The highest BCUT2D eigenvalue weighted by Gasteiger charge is 2.37. The maximum Gasteiger partial charge on any atom is 0.190 e. The number of anilines is 2. The Kier molecular flexibility index (Phi) is 4.28. The number of aromatic amines is 1. The molecule has 2 fully saturated rings. The van der Waals surface area contributed by atoms with Crippen molar-refractivity contribution in [1.82, 2.24) is 30.0 Å². The highest BCUT2D eigenvalue weighted by atomic mass is 32.1. The van der Waals surface area contributed by atoms with Crippen LogP contribution in [0.4, 0.5) is 10.9 Å². The molecule has 5 heterocycles. The molecule has 1 aliphatic heterocycles. The van der Waals surface area contributed by atoms with Gasteiger partial charge in [0.2, 0.25) is 0 Å². The summed E-state index contributed by atoms with van der Waals surface area (Å²) < 4.78 is 0. The molecule has 4 aromatic rings. The number of H-pyrrole nitrogens is 1. The minimum Gasteiger partial charge on any atom is -0.316 e. The van der Waals surface area contributed by atoms with Crippen LogP contribution in [0.25, 0.3) is 21.6 Å². The third-order valence-electron chi connectivity index (χ3n) is 6.33. The Morgan fingerprint density at radius 2 is 2.20 bits per heavy atom. The predicted octanol–water partition coefficient (Wildman–Crippen LogP) is 4.51. The van der Waals surface area contributed by atoms with Crippen LogP contribution >= 0.6 is 11.3 Å². The molecule has 0 radical (unpaired) electrons. The molecule has 7 nitrogen and oxygen atoms in total. The number of likely N-dealkylation sites (tertiary alicyclic amines) is 1. The summed E-state index contributed by atoms with van der Waals surface area (Å²) >= 11 is 1.54. The number of hydrogen-bond donors (Lipinski definition) is 2. The maximum absolute atomic E-state index is 4.78. The van der Waals surface area contributed by atoms with E-state index in [2.05, 4.69) is 42.5 Å². The van der Waals surface area contributed by atoms with Gasteiger partial charge in [0.1, 0.15) is 16.2 Å². The molecule has 0 amide bonds. The van der Waals surface area contributed by atoms with Crippen LogP contribution in [-0.2, 0) is 6.54 Å². The van der Waals surface area contributed by atoms with Gasteiger partial charge in [-0.3, -0.25) is 10.00 Å². The maximum atomic E-state index is 4.78. The van der Waals surface area contributed by atoms with Gasteiger partial charge >= 0.3 is 0 Å². The largest absolute Gasteiger partial charge is 0.316 e. The van der Waals surface area contributed by atoms with E-state index in [0.29, 0.717) is 0 Å². The Morgan fingerprint density at radius 3 is 3.00 bits per heavy atom. The Balaban J connectivity index is 1.21. The van der Waals surface area contributed by atoms with Crippen LogP contribution < -0.4 is 5.32 Å². The molecule has 0 spiro atoms. The van der Waals surface area contributed by atoms with Crippen molar-refractivity contribution in [2.75, 3.05) is 11.9 Å². The van der Waals surface area contributed by atoms with Crippen molar-refractivity contribution >= 4 is 32.6 Å². The highest BCUT2D eigenvalue weighted by Crippen LogP contribution is 2.38. The molecule has 1 saturated carbocycles. The van der Waals surface area contributed by atoms with E-state index in [0.717, 1.165) is 56.8 Å². The van der Waals surface area contributed by atoms with E-state index in [9.17, 15) is 0 Å². The zero-order chi connectivity index (χ0) is 20.1. The lowest BCUT2D eigenvalue weighted by molar-refractivity contribution is 0.205. The van der Waals surface area contributed by atoms with Gasteiger partial charge in [0.25, 0.3) is 0 Å². The summed E-state index contributed by atoms with van der Waals surface area (Å²) in [5, 5.41) is 11.2. The number of fused-ring (bicyclic) bond motifs is 3. The molecule has 2 aliphatic rings. The van der Waals surface area contributed by atoms with E-state index < -0.39 is 0 Å².